The summed E-state index contributed by atoms with van der Waals surface area (Å²) in [6.07, 6.45) is 4.06. The first kappa shape index (κ1) is 22.2. The number of sulfonamides is 1. The van der Waals surface area contributed by atoms with Gasteiger partial charge in [0.2, 0.25) is 0 Å². The number of carbonyl (C=O) groups excluding carboxylic acids is 1. The lowest BCUT2D eigenvalue weighted by Crippen LogP contribution is -2.38. The number of hydrogen-bond donors (Lipinski definition) is 1. The Labute approximate surface area is 182 Å². The number of thioether (sulfide) groups is 1. The van der Waals surface area contributed by atoms with E-state index in [4.69, 9.17) is 5.26 Å². The molecule has 8 heteroatoms. The second-order valence-electron chi connectivity index (χ2n) is 7.47. The van der Waals surface area contributed by atoms with Crippen LogP contribution < -0.4 is 4.72 Å². The number of nitrogens with zero attached hydrogens (tertiary/aromatic N) is 2. The van der Waals surface area contributed by atoms with E-state index in [-0.39, 0.29) is 17.2 Å². The minimum atomic E-state index is -3.85. The van der Waals surface area contributed by atoms with Crippen LogP contribution in [0.25, 0.3) is 0 Å². The zero-order valence-corrected chi connectivity index (χ0v) is 18.7. The number of piperidine rings is 1. The molecule has 0 unspecified atom stereocenters. The van der Waals surface area contributed by atoms with Crippen LogP contribution in [-0.4, -0.2) is 38.6 Å². The largest absolute Gasteiger partial charge is 0.339 e. The molecule has 1 saturated heterocycles. The molecule has 158 valence electrons. The van der Waals surface area contributed by atoms with Crippen LogP contribution in [0, 0.1) is 17.2 Å². The van der Waals surface area contributed by atoms with Gasteiger partial charge in [0.25, 0.3) is 15.9 Å². The summed E-state index contributed by atoms with van der Waals surface area (Å²) in [4.78, 5) is 15.7. The second-order valence-corrected chi connectivity index (χ2v) is 10.0. The second kappa shape index (κ2) is 9.54. The first-order valence-electron chi connectivity index (χ1n) is 9.80. The Hall–Kier alpha value is -2.50. The Morgan fingerprint density at radius 3 is 2.47 bits per heavy atom. The summed E-state index contributed by atoms with van der Waals surface area (Å²) in [5, 5.41) is 8.75. The van der Waals surface area contributed by atoms with Gasteiger partial charge in [-0.05, 0) is 60.9 Å². The quantitative estimate of drug-likeness (QED) is 0.678. The lowest BCUT2D eigenvalue weighted by atomic mass is 9.98. The van der Waals surface area contributed by atoms with Crippen molar-refractivity contribution in [1.82, 2.24) is 4.90 Å². The van der Waals surface area contributed by atoms with Gasteiger partial charge in [0.15, 0.2) is 0 Å². The van der Waals surface area contributed by atoms with Gasteiger partial charge in [-0.2, -0.15) is 5.26 Å². The minimum Gasteiger partial charge on any atom is -0.339 e. The standard InChI is InChI=1S/C22H25N3O3S2/c1-16-10-13-25(14-11-16)22(26)20-15-19(7-8-21(20)29-2)30(27,28)24-18-5-3-17(4-6-18)9-12-23/h3-8,15-16,24H,9-11,13-14H2,1-2H3. The summed E-state index contributed by atoms with van der Waals surface area (Å²) in [7, 11) is -3.85. The predicted molar refractivity (Wildman–Crippen MR) is 119 cm³/mol. The number of likely N-dealkylation sites (tertiary alicyclic amines) is 1. The number of nitriles is 1. The molecule has 1 aliphatic heterocycles. The van der Waals surface area contributed by atoms with Gasteiger partial charge in [-0.25, -0.2) is 8.42 Å². The normalized spacial score (nSPS) is 14.9. The molecule has 6 nitrogen and oxygen atoms in total. The van der Waals surface area contributed by atoms with Crippen LogP contribution in [-0.2, 0) is 16.4 Å². The SMILES string of the molecule is CSc1ccc(S(=O)(=O)Nc2ccc(CC#N)cc2)cc1C(=O)N1CCC(C)CC1. The average Bonchev–Trinajstić information content (AvgIpc) is 2.74. The Morgan fingerprint density at radius 2 is 1.87 bits per heavy atom. The third kappa shape index (κ3) is 5.15. The van der Waals surface area contributed by atoms with E-state index in [2.05, 4.69) is 17.7 Å². The molecule has 0 aromatic heterocycles. The lowest BCUT2D eigenvalue weighted by Gasteiger charge is -2.30. The molecule has 0 bridgehead atoms. The summed E-state index contributed by atoms with van der Waals surface area (Å²) in [6, 6.07) is 13.4. The molecule has 1 amide bonds. The predicted octanol–water partition coefficient (Wildman–Crippen LogP) is 4.15. The van der Waals surface area contributed by atoms with Crippen LogP contribution in [0.1, 0.15) is 35.7 Å². The average molecular weight is 444 g/mol. The van der Waals surface area contributed by atoms with Crippen molar-refractivity contribution in [1.29, 1.82) is 5.26 Å². The molecule has 1 fully saturated rings. The molecular weight excluding hydrogens is 418 g/mol. The van der Waals surface area contributed by atoms with Gasteiger partial charge in [0, 0.05) is 23.7 Å². The molecule has 0 radical (unpaired) electrons. The van der Waals surface area contributed by atoms with Gasteiger partial charge < -0.3 is 4.90 Å². The molecule has 2 aromatic rings. The minimum absolute atomic E-state index is 0.0510. The van der Waals surface area contributed by atoms with Crippen molar-refractivity contribution in [3.05, 3.63) is 53.6 Å². The number of nitrogens with one attached hydrogen (secondary N) is 1. The van der Waals surface area contributed by atoms with Gasteiger partial charge in [-0.3, -0.25) is 9.52 Å². The van der Waals surface area contributed by atoms with Gasteiger partial charge in [0.05, 0.1) is 22.9 Å². The first-order chi connectivity index (χ1) is 14.3. The van der Waals surface area contributed by atoms with E-state index < -0.39 is 10.0 Å². The van der Waals surface area contributed by atoms with Gasteiger partial charge in [-0.1, -0.05) is 19.1 Å². The molecule has 2 aromatic carbocycles. The maximum atomic E-state index is 13.1. The zero-order valence-electron chi connectivity index (χ0n) is 17.1. The summed E-state index contributed by atoms with van der Waals surface area (Å²) >= 11 is 1.43. The van der Waals surface area contributed by atoms with Crippen molar-refractivity contribution in [2.75, 3.05) is 24.1 Å². The summed E-state index contributed by atoms with van der Waals surface area (Å²) in [6.45, 7) is 3.57. The van der Waals surface area contributed by atoms with E-state index in [9.17, 15) is 13.2 Å². The highest BCUT2D eigenvalue weighted by molar-refractivity contribution is 7.98. The van der Waals surface area contributed by atoms with Crippen molar-refractivity contribution in [3.8, 4) is 6.07 Å². The van der Waals surface area contributed by atoms with E-state index in [0.29, 0.717) is 30.3 Å². The molecule has 0 aliphatic carbocycles. The Bertz CT molecular complexity index is 1050. The van der Waals surface area contributed by atoms with Crippen molar-refractivity contribution in [2.45, 2.75) is 36.0 Å². The molecule has 0 atom stereocenters. The van der Waals surface area contributed by atoms with Crippen LogP contribution in [0.3, 0.4) is 0 Å². The van der Waals surface area contributed by atoms with Crippen molar-refractivity contribution >= 4 is 33.4 Å². The fraction of sp³-hybridized carbons (Fsp3) is 0.364. The number of rotatable bonds is 6. The van der Waals surface area contributed by atoms with Crippen LogP contribution in [0.5, 0.6) is 0 Å². The van der Waals surface area contributed by atoms with Crippen LogP contribution in [0.4, 0.5) is 5.69 Å². The van der Waals surface area contributed by atoms with Crippen LogP contribution >= 0.6 is 11.8 Å². The van der Waals surface area contributed by atoms with E-state index in [1.54, 1.807) is 30.3 Å². The van der Waals surface area contributed by atoms with Crippen LogP contribution in [0.15, 0.2) is 52.3 Å². The molecule has 1 aliphatic rings. The maximum absolute atomic E-state index is 13.1. The first-order valence-corrected chi connectivity index (χ1v) is 12.5. The Balaban J connectivity index is 1.85. The van der Waals surface area contributed by atoms with Crippen molar-refractivity contribution in [2.24, 2.45) is 5.92 Å². The maximum Gasteiger partial charge on any atom is 0.261 e. The number of amides is 1. The van der Waals surface area contributed by atoms with Crippen molar-refractivity contribution in [3.63, 3.8) is 0 Å². The number of benzene rings is 2. The van der Waals surface area contributed by atoms with E-state index in [1.807, 2.05) is 11.2 Å². The van der Waals surface area contributed by atoms with Crippen LogP contribution in [0.2, 0.25) is 0 Å². The fourth-order valence-corrected chi connectivity index (χ4v) is 5.05. The highest BCUT2D eigenvalue weighted by atomic mass is 32.2. The molecule has 1 heterocycles. The lowest BCUT2D eigenvalue weighted by molar-refractivity contribution is 0.0693. The number of hydrogen-bond acceptors (Lipinski definition) is 5. The smallest absolute Gasteiger partial charge is 0.261 e. The van der Waals surface area contributed by atoms with Gasteiger partial charge in [0.1, 0.15) is 0 Å². The zero-order chi connectivity index (χ0) is 21.7. The summed E-state index contributed by atoms with van der Waals surface area (Å²) in [5.41, 5.74) is 1.64. The fourth-order valence-electron chi connectivity index (χ4n) is 3.40. The Kier molecular flexibility index (Phi) is 7.06. The monoisotopic (exact) mass is 443 g/mol. The topological polar surface area (TPSA) is 90.3 Å². The molecule has 1 N–H and O–H groups in total. The molecular formula is C22H25N3O3S2. The third-order valence-corrected chi connectivity index (χ3v) is 7.45. The Morgan fingerprint density at radius 1 is 1.20 bits per heavy atom. The summed E-state index contributed by atoms with van der Waals surface area (Å²) < 4.78 is 28.4. The van der Waals surface area contributed by atoms with Gasteiger partial charge >= 0.3 is 0 Å². The highest BCUT2D eigenvalue weighted by Crippen LogP contribution is 2.28. The third-order valence-electron chi connectivity index (χ3n) is 5.27. The number of carbonyl (C=O) groups is 1. The number of anilines is 1. The van der Waals surface area contributed by atoms with E-state index in [0.717, 1.165) is 23.3 Å². The van der Waals surface area contributed by atoms with Crippen molar-refractivity contribution < 1.29 is 13.2 Å². The molecule has 0 saturated carbocycles. The molecule has 3 rings (SSSR count). The van der Waals surface area contributed by atoms with Gasteiger partial charge in [-0.15, -0.1) is 11.8 Å². The highest BCUT2D eigenvalue weighted by Gasteiger charge is 2.25. The van der Waals surface area contributed by atoms with E-state index >= 15 is 0 Å². The molecule has 0 spiro atoms. The van der Waals surface area contributed by atoms with E-state index in [1.165, 1.54) is 23.9 Å². The summed E-state index contributed by atoms with van der Waals surface area (Å²) in [5.74, 6) is 0.480. The molecule has 30 heavy (non-hydrogen) atoms.